The Morgan fingerprint density at radius 1 is 1.22 bits per heavy atom. The highest BCUT2D eigenvalue weighted by atomic mass is 35.5. The average molecular weight is 450 g/mol. The number of halogens is 1. The van der Waals surface area contributed by atoms with Crippen LogP contribution in [0, 0.1) is 6.92 Å². The van der Waals surface area contributed by atoms with Crippen LogP contribution in [0.25, 0.3) is 16.7 Å². The standard InChI is InChI=1S/C21H16ClN7O3/c1-10-2-17(23)25-5-16(10)29-7-13(21(31)32)18(30)12-3-14(22)20(27-19(12)29)28-6-11-4-24-9-26-15(11)8-28/h2-5,7,9H,6,8H2,1H3,(H2,23,25)(H,31,32). The normalized spacial score (nSPS) is 12.9. The van der Waals surface area contributed by atoms with Crippen molar-refractivity contribution in [2.24, 2.45) is 0 Å². The molecule has 4 aromatic heterocycles. The highest BCUT2D eigenvalue weighted by Gasteiger charge is 2.26. The first-order chi connectivity index (χ1) is 15.3. The van der Waals surface area contributed by atoms with E-state index in [4.69, 9.17) is 22.3 Å². The van der Waals surface area contributed by atoms with Crippen LogP contribution >= 0.6 is 11.6 Å². The van der Waals surface area contributed by atoms with E-state index in [9.17, 15) is 14.7 Å². The minimum absolute atomic E-state index is 0.0892. The van der Waals surface area contributed by atoms with Crippen molar-refractivity contribution < 1.29 is 9.90 Å². The van der Waals surface area contributed by atoms with E-state index in [2.05, 4.69) is 15.0 Å². The second kappa shape index (κ2) is 7.27. The van der Waals surface area contributed by atoms with E-state index in [1.165, 1.54) is 29.4 Å². The Morgan fingerprint density at radius 2 is 2.03 bits per heavy atom. The van der Waals surface area contributed by atoms with E-state index in [1.54, 1.807) is 12.3 Å². The molecule has 32 heavy (non-hydrogen) atoms. The molecule has 0 bridgehead atoms. The van der Waals surface area contributed by atoms with Crippen molar-refractivity contribution in [1.29, 1.82) is 0 Å². The van der Waals surface area contributed by atoms with Gasteiger partial charge in [0.2, 0.25) is 5.43 Å². The summed E-state index contributed by atoms with van der Waals surface area (Å²) < 4.78 is 1.53. The zero-order chi connectivity index (χ0) is 22.6. The Morgan fingerprint density at radius 3 is 2.75 bits per heavy atom. The van der Waals surface area contributed by atoms with Gasteiger partial charge in [-0.1, -0.05) is 11.6 Å². The van der Waals surface area contributed by atoms with Crippen molar-refractivity contribution in [2.45, 2.75) is 20.0 Å². The molecule has 0 atom stereocenters. The van der Waals surface area contributed by atoms with Gasteiger partial charge in [-0.3, -0.25) is 9.36 Å². The number of carboxylic acids is 1. The van der Waals surface area contributed by atoms with Crippen molar-refractivity contribution in [3.05, 3.63) is 74.7 Å². The van der Waals surface area contributed by atoms with Crippen LogP contribution in [-0.2, 0) is 13.1 Å². The zero-order valence-corrected chi connectivity index (χ0v) is 17.5. The molecule has 4 aromatic rings. The fraction of sp³-hybridized carbons (Fsp3) is 0.143. The van der Waals surface area contributed by atoms with Gasteiger partial charge in [-0.15, -0.1) is 0 Å². The molecule has 0 aromatic carbocycles. The fourth-order valence-corrected chi connectivity index (χ4v) is 4.12. The lowest BCUT2D eigenvalue weighted by molar-refractivity contribution is 0.0695. The molecule has 11 heteroatoms. The molecule has 5 rings (SSSR count). The summed E-state index contributed by atoms with van der Waals surface area (Å²) in [6.07, 6.45) is 6.00. The lowest BCUT2D eigenvalue weighted by Gasteiger charge is -2.20. The summed E-state index contributed by atoms with van der Waals surface area (Å²) in [6, 6.07) is 3.12. The van der Waals surface area contributed by atoms with Gasteiger partial charge in [-0.05, 0) is 24.6 Å². The van der Waals surface area contributed by atoms with Crippen molar-refractivity contribution in [3.8, 4) is 5.69 Å². The number of anilines is 2. The molecule has 3 N–H and O–H groups in total. The van der Waals surface area contributed by atoms with Gasteiger partial charge in [0.15, 0.2) is 11.5 Å². The smallest absolute Gasteiger partial charge is 0.341 e. The van der Waals surface area contributed by atoms with Crippen molar-refractivity contribution in [3.63, 3.8) is 0 Å². The summed E-state index contributed by atoms with van der Waals surface area (Å²) in [5.41, 5.74) is 8.08. The fourth-order valence-electron chi connectivity index (χ4n) is 3.85. The van der Waals surface area contributed by atoms with E-state index in [-0.39, 0.29) is 16.1 Å². The van der Waals surface area contributed by atoms with Gasteiger partial charge in [0, 0.05) is 24.5 Å². The predicted octanol–water partition coefficient (Wildman–Crippen LogP) is 2.33. The molecule has 1 aliphatic heterocycles. The van der Waals surface area contributed by atoms with E-state index in [1.807, 2.05) is 11.8 Å². The Kier molecular flexibility index (Phi) is 4.52. The van der Waals surface area contributed by atoms with E-state index >= 15 is 0 Å². The number of aromatic carboxylic acids is 1. The van der Waals surface area contributed by atoms with Crippen molar-refractivity contribution >= 4 is 40.2 Å². The number of pyridine rings is 3. The Labute approximate surface area is 186 Å². The number of nitrogens with two attached hydrogens (primary N) is 1. The van der Waals surface area contributed by atoms with Gasteiger partial charge in [0.25, 0.3) is 0 Å². The molecule has 0 radical (unpaired) electrons. The zero-order valence-electron chi connectivity index (χ0n) is 16.8. The summed E-state index contributed by atoms with van der Waals surface area (Å²) in [5.74, 6) is -0.572. The highest BCUT2D eigenvalue weighted by Crippen LogP contribution is 2.33. The third-order valence-corrected chi connectivity index (χ3v) is 5.67. The van der Waals surface area contributed by atoms with Crippen molar-refractivity contribution in [1.82, 2.24) is 24.5 Å². The Balaban J connectivity index is 1.77. The molecular formula is C21H16ClN7O3. The molecule has 0 fully saturated rings. The molecule has 10 nitrogen and oxygen atoms in total. The van der Waals surface area contributed by atoms with Crippen LogP contribution in [0.15, 0.2) is 41.8 Å². The van der Waals surface area contributed by atoms with E-state index in [0.29, 0.717) is 30.4 Å². The quantitative estimate of drug-likeness (QED) is 0.482. The maximum Gasteiger partial charge on any atom is 0.341 e. The summed E-state index contributed by atoms with van der Waals surface area (Å²) >= 11 is 6.52. The highest BCUT2D eigenvalue weighted by molar-refractivity contribution is 6.33. The maximum absolute atomic E-state index is 12.9. The van der Waals surface area contributed by atoms with Gasteiger partial charge in [-0.25, -0.2) is 24.7 Å². The number of carboxylic acid groups (broad SMARTS) is 1. The largest absolute Gasteiger partial charge is 0.477 e. The first-order valence-electron chi connectivity index (χ1n) is 9.58. The second-order valence-corrected chi connectivity index (χ2v) is 7.87. The van der Waals surface area contributed by atoms with Crippen molar-refractivity contribution in [2.75, 3.05) is 10.6 Å². The number of hydrogen-bond donors (Lipinski definition) is 2. The minimum atomic E-state index is -1.35. The summed E-state index contributed by atoms with van der Waals surface area (Å²) in [6.45, 7) is 2.80. The first-order valence-corrected chi connectivity index (χ1v) is 9.95. The molecule has 1 aliphatic rings. The van der Waals surface area contributed by atoms with Crippen LogP contribution in [0.5, 0.6) is 0 Å². The lowest BCUT2D eigenvalue weighted by Crippen LogP contribution is -2.22. The summed E-state index contributed by atoms with van der Waals surface area (Å²) in [5, 5.41) is 9.91. The number of hydrogen-bond acceptors (Lipinski definition) is 8. The lowest BCUT2D eigenvalue weighted by atomic mass is 10.1. The average Bonchev–Trinajstić information content (AvgIpc) is 3.18. The number of nitrogen functional groups attached to an aromatic ring is 1. The molecular weight excluding hydrogens is 434 g/mol. The van der Waals surface area contributed by atoms with Crippen LogP contribution in [0.2, 0.25) is 5.02 Å². The second-order valence-electron chi connectivity index (χ2n) is 7.46. The number of aromatic nitrogens is 5. The molecule has 0 saturated heterocycles. The molecule has 0 spiro atoms. The Hall–Kier alpha value is -4.05. The Bertz CT molecular complexity index is 1460. The van der Waals surface area contributed by atoms with Gasteiger partial charge in [0.05, 0.1) is 34.5 Å². The molecule has 0 amide bonds. The number of fused-ring (bicyclic) bond motifs is 2. The van der Waals surface area contributed by atoms with Gasteiger partial charge < -0.3 is 15.7 Å². The number of nitrogens with zero attached hydrogens (tertiary/aromatic N) is 6. The molecule has 5 heterocycles. The van der Waals surface area contributed by atoms with Gasteiger partial charge in [0.1, 0.15) is 17.7 Å². The summed E-state index contributed by atoms with van der Waals surface area (Å²) in [7, 11) is 0. The minimum Gasteiger partial charge on any atom is -0.477 e. The van der Waals surface area contributed by atoms with Crippen LogP contribution in [0.1, 0.15) is 27.2 Å². The maximum atomic E-state index is 12.9. The number of carbonyl (C=O) groups is 1. The number of rotatable bonds is 3. The number of aryl methyl sites for hydroxylation is 1. The van der Waals surface area contributed by atoms with Crippen LogP contribution in [-0.4, -0.2) is 35.6 Å². The van der Waals surface area contributed by atoms with Crippen LogP contribution < -0.4 is 16.1 Å². The van der Waals surface area contributed by atoms with E-state index < -0.39 is 17.0 Å². The predicted molar refractivity (Wildman–Crippen MR) is 118 cm³/mol. The first kappa shape index (κ1) is 19.9. The topological polar surface area (TPSA) is 140 Å². The van der Waals surface area contributed by atoms with Gasteiger partial charge in [-0.2, -0.15) is 0 Å². The molecule has 160 valence electrons. The third kappa shape index (κ3) is 3.12. The molecule has 0 aliphatic carbocycles. The molecule has 0 unspecified atom stereocenters. The third-order valence-electron chi connectivity index (χ3n) is 5.39. The van der Waals surface area contributed by atoms with Crippen LogP contribution in [0.3, 0.4) is 0 Å². The van der Waals surface area contributed by atoms with Gasteiger partial charge >= 0.3 is 5.97 Å². The monoisotopic (exact) mass is 449 g/mol. The summed E-state index contributed by atoms with van der Waals surface area (Å²) in [4.78, 5) is 43.7. The molecule has 0 saturated carbocycles. The SMILES string of the molecule is Cc1cc(N)ncc1-n1cc(C(=O)O)c(=O)c2cc(Cl)c(N3Cc4cncnc4C3)nc21. The van der Waals surface area contributed by atoms with Crippen LogP contribution in [0.4, 0.5) is 11.6 Å². The van der Waals surface area contributed by atoms with E-state index in [0.717, 1.165) is 16.8 Å².